The molecule has 2 rings (SSSR count). The van der Waals surface area contributed by atoms with Crippen LogP contribution in [0.3, 0.4) is 0 Å². The van der Waals surface area contributed by atoms with Gasteiger partial charge in [-0.1, -0.05) is 31.0 Å². The molecule has 3 N–H and O–H groups in total. The number of benzene rings is 1. The topological polar surface area (TPSA) is 50.4 Å². The minimum absolute atomic E-state index is 0.00407. The zero-order chi connectivity index (χ0) is 13.9. The molecular weight excluding hydrogens is 255 g/mol. The van der Waals surface area contributed by atoms with E-state index in [4.69, 9.17) is 5.84 Å². The summed E-state index contributed by atoms with van der Waals surface area (Å²) in [6.07, 6.45) is -0.484. The Morgan fingerprint density at radius 3 is 2.42 bits per heavy atom. The molecule has 1 aromatic carbocycles. The zero-order valence-corrected chi connectivity index (χ0v) is 10.4. The Bertz CT molecular complexity index is 462. The maximum Gasteiger partial charge on any atom is 0.417 e. The van der Waals surface area contributed by atoms with Crippen LogP contribution in [0.1, 0.15) is 36.8 Å². The monoisotopic (exact) mass is 271 g/mol. The summed E-state index contributed by atoms with van der Waals surface area (Å²) in [5.41, 5.74) is 1.59. The fourth-order valence-electron chi connectivity index (χ4n) is 2.34. The Morgan fingerprint density at radius 1 is 1.21 bits per heavy atom. The molecule has 0 saturated heterocycles. The molecule has 0 unspecified atom stereocenters. The second-order valence-corrected chi connectivity index (χ2v) is 4.60. The van der Waals surface area contributed by atoms with Crippen LogP contribution in [0.15, 0.2) is 29.3 Å². The van der Waals surface area contributed by atoms with Gasteiger partial charge in [-0.15, -0.1) is 0 Å². The number of nitrogens with two attached hydrogens (primary N) is 1. The molecule has 3 nitrogen and oxygen atoms in total. The smallest absolute Gasteiger partial charge is 0.308 e. The first-order valence-electron chi connectivity index (χ1n) is 6.23. The summed E-state index contributed by atoms with van der Waals surface area (Å²) in [5.74, 6) is 5.46. The molecule has 6 heteroatoms. The molecule has 0 heterocycles. The van der Waals surface area contributed by atoms with Crippen molar-refractivity contribution in [3.05, 3.63) is 35.4 Å². The molecule has 1 aliphatic rings. The van der Waals surface area contributed by atoms with Gasteiger partial charge in [-0.05, 0) is 18.9 Å². The lowest BCUT2D eigenvalue weighted by molar-refractivity contribution is -0.137. The lowest BCUT2D eigenvalue weighted by atomic mass is 10.1. The van der Waals surface area contributed by atoms with Crippen molar-refractivity contribution in [1.29, 1.82) is 0 Å². The average Bonchev–Trinajstić information content (AvgIpc) is 2.88. The Labute approximate surface area is 109 Å². The van der Waals surface area contributed by atoms with E-state index in [2.05, 4.69) is 10.4 Å². The van der Waals surface area contributed by atoms with Crippen molar-refractivity contribution >= 4 is 5.84 Å². The van der Waals surface area contributed by atoms with Crippen LogP contribution in [0.25, 0.3) is 0 Å². The SMILES string of the molecule is NNC(=NC1CCCC1)c1ccccc1C(F)(F)F. The lowest BCUT2D eigenvalue weighted by Gasteiger charge is -2.15. The van der Waals surface area contributed by atoms with Gasteiger partial charge >= 0.3 is 6.18 Å². The summed E-state index contributed by atoms with van der Waals surface area (Å²) >= 11 is 0. The standard InChI is InChI=1S/C13H16F3N3/c14-13(15,16)11-8-4-3-7-10(11)12(19-17)18-9-5-1-2-6-9/h3-4,7-9H,1-2,5-6,17H2,(H,18,19). The third-order valence-corrected chi connectivity index (χ3v) is 3.26. The number of nitrogens with one attached hydrogen (secondary N) is 1. The van der Waals surface area contributed by atoms with Crippen LogP contribution in [0.5, 0.6) is 0 Å². The molecule has 0 aliphatic heterocycles. The van der Waals surface area contributed by atoms with Gasteiger partial charge in [0.05, 0.1) is 11.6 Å². The van der Waals surface area contributed by atoms with Crippen LogP contribution in [0.4, 0.5) is 13.2 Å². The lowest BCUT2D eigenvalue weighted by Crippen LogP contribution is -2.34. The maximum absolute atomic E-state index is 12.9. The van der Waals surface area contributed by atoms with Crippen molar-refractivity contribution in [1.82, 2.24) is 5.43 Å². The first-order valence-corrected chi connectivity index (χ1v) is 6.23. The highest BCUT2D eigenvalue weighted by molar-refractivity contribution is 6.00. The molecule has 0 spiro atoms. The number of alkyl halides is 3. The Kier molecular flexibility index (Phi) is 4.09. The number of hydrazine groups is 1. The molecule has 1 fully saturated rings. The van der Waals surface area contributed by atoms with Crippen molar-refractivity contribution in [3.63, 3.8) is 0 Å². The van der Waals surface area contributed by atoms with Crippen LogP contribution in [-0.2, 0) is 6.18 Å². The highest BCUT2D eigenvalue weighted by Gasteiger charge is 2.34. The van der Waals surface area contributed by atoms with Crippen LogP contribution >= 0.6 is 0 Å². The molecule has 0 aromatic heterocycles. The summed E-state index contributed by atoms with van der Waals surface area (Å²) in [5, 5.41) is 0. The molecule has 1 aliphatic carbocycles. The highest BCUT2D eigenvalue weighted by atomic mass is 19.4. The molecule has 104 valence electrons. The van der Waals surface area contributed by atoms with Crippen molar-refractivity contribution < 1.29 is 13.2 Å². The molecule has 0 bridgehead atoms. The van der Waals surface area contributed by atoms with E-state index in [9.17, 15) is 13.2 Å². The molecular formula is C13H16F3N3. The third-order valence-electron chi connectivity index (χ3n) is 3.26. The van der Waals surface area contributed by atoms with E-state index in [1.54, 1.807) is 6.07 Å². The largest absolute Gasteiger partial charge is 0.417 e. The van der Waals surface area contributed by atoms with E-state index in [1.165, 1.54) is 12.1 Å². The minimum Gasteiger partial charge on any atom is -0.308 e. The number of hydrogen-bond acceptors (Lipinski definition) is 2. The van der Waals surface area contributed by atoms with Gasteiger partial charge in [0.2, 0.25) is 0 Å². The van der Waals surface area contributed by atoms with E-state index in [0.29, 0.717) is 0 Å². The van der Waals surface area contributed by atoms with Crippen molar-refractivity contribution in [3.8, 4) is 0 Å². The molecule has 0 atom stereocenters. The Balaban J connectivity index is 2.38. The fourth-order valence-corrected chi connectivity index (χ4v) is 2.34. The van der Waals surface area contributed by atoms with E-state index in [1.807, 2.05) is 0 Å². The highest BCUT2D eigenvalue weighted by Crippen LogP contribution is 2.32. The summed E-state index contributed by atoms with van der Waals surface area (Å²) in [6, 6.07) is 5.39. The minimum atomic E-state index is -4.41. The summed E-state index contributed by atoms with van der Waals surface area (Å²) < 4.78 is 38.8. The second kappa shape index (κ2) is 5.61. The van der Waals surface area contributed by atoms with Gasteiger partial charge in [0.1, 0.15) is 5.84 Å². The normalized spacial score (nSPS) is 17.8. The predicted octanol–water partition coefficient (Wildman–Crippen LogP) is 2.86. The molecule has 1 aromatic rings. The van der Waals surface area contributed by atoms with Gasteiger partial charge in [0, 0.05) is 5.56 Å². The van der Waals surface area contributed by atoms with Gasteiger partial charge in [0.15, 0.2) is 0 Å². The third kappa shape index (κ3) is 3.26. The number of nitrogens with zero attached hydrogens (tertiary/aromatic N) is 1. The van der Waals surface area contributed by atoms with E-state index in [-0.39, 0.29) is 17.4 Å². The van der Waals surface area contributed by atoms with Crippen molar-refractivity contribution in [2.24, 2.45) is 10.8 Å². The zero-order valence-electron chi connectivity index (χ0n) is 10.4. The predicted molar refractivity (Wildman–Crippen MR) is 67.6 cm³/mol. The van der Waals surface area contributed by atoms with Gasteiger partial charge in [-0.2, -0.15) is 13.2 Å². The van der Waals surface area contributed by atoms with E-state index >= 15 is 0 Å². The Hall–Kier alpha value is -1.56. The van der Waals surface area contributed by atoms with Crippen LogP contribution in [0, 0.1) is 0 Å². The fraction of sp³-hybridized carbons (Fsp3) is 0.462. The van der Waals surface area contributed by atoms with Crippen LogP contribution in [-0.4, -0.2) is 11.9 Å². The summed E-state index contributed by atoms with van der Waals surface area (Å²) in [7, 11) is 0. The average molecular weight is 271 g/mol. The van der Waals surface area contributed by atoms with Gasteiger partial charge in [-0.3, -0.25) is 4.99 Å². The van der Waals surface area contributed by atoms with Gasteiger partial charge in [0.25, 0.3) is 0 Å². The van der Waals surface area contributed by atoms with E-state index < -0.39 is 11.7 Å². The van der Waals surface area contributed by atoms with Gasteiger partial charge in [-0.25, -0.2) is 5.84 Å². The summed E-state index contributed by atoms with van der Waals surface area (Å²) in [6.45, 7) is 0. The molecule has 1 saturated carbocycles. The van der Waals surface area contributed by atoms with Crippen molar-refractivity contribution in [2.75, 3.05) is 0 Å². The molecule has 0 amide bonds. The number of hydrogen-bond donors (Lipinski definition) is 2. The first kappa shape index (κ1) is 13.9. The van der Waals surface area contributed by atoms with Crippen molar-refractivity contribution in [2.45, 2.75) is 37.9 Å². The number of aliphatic imine (C=N–C) groups is 1. The maximum atomic E-state index is 12.9. The van der Waals surface area contributed by atoms with E-state index in [0.717, 1.165) is 31.7 Å². The Morgan fingerprint density at radius 2 is 1.84 bits per heavy atom. The number of halogens is 3. The molecule has 0 radical (unpaired) electrons. The number of rotatable bonds is 2. The van der Waals surface area contributed by atoms with Crippen LogP contribution in [0.2, 0.25) is 0 Å². The second-order valence-electron chi connectivity index (χ2n) is 4.60. The van der Waals surface area contributed by atoms with Gasteiger partial charge < -0.3 is 5.43 Å². The molecule has 19 heavy (non-hydrogen) atoms. The quantitative estimate of drug-likeness (QED) is 0.376. The summed E-state index contributed by atoms with van der Waals surface area (Å²) in [4.78, 5) is 4.32. The first-order chi connectivity index (χ1) is 9.02. The van der Waals surface area contributed by atoms with Crippen LogP contribution < -0.4 is 11.3 Å². The number of amidine groups is 1.